The van der Waals surface area contributed by atoms with Crippen LogP contribution >= 0.6 is 0 Å². The van der Waals surface area contributed by atoms with E-state index in [1.165, 1.54) is 23.9 Å². The lowest BCUT2D eigenvalue weighted by Crippen LogP contribution is -2.18. The smallest absolute Gasteiger partial charge is 0.257 e. The monoisotopic (exact) mass is 335 g/mol. The van der Waals surface area contributed by atoms with Crippen LogP contribution in [0.1, 0.15) is 15.9 Å². The van der Waals surface area contributed by atoms with E-state index in [4.69, 9.17) is 0 Å². The van der Waals surface area contributed by atoms with Crippen molar-refractivity contribution in [3.05, 3.63) is 90.0 Å². The Morgan fingerprint density at radius 2 is 1.88 bits per heavy atom. The number of hydrogen-bond donors (Lipinski definition) is 1. The van der Waals surface area contributed by atoms with E-state index < -0.39 is 5.82 Å². The molecule has 0 atom stereocenters. The molecule has 0 saturated heterocycles. The lowest BCUT2D eigenvalue weighted by atomic mass is 10.2. The van der Waals surface area contributed by atoms with Crippen LogP contribution in [0.25, 0.3) is 0 Å². The second kappa shape index (κ2) is 7.57. The van der Waals surface area contributed by atoms with Gasteiger partial charge < -0.3 is 10.2 Å². The molecule has 0 saturated carbocycles. The third-order valence-corrected chi connectivity index (χ3v) is 3.77. The Bertz CT molecular complexity index is 868. The van der Waals surface area contributed by atoms with E-state index in [9.17, 15) is 9.18 Å². The zero-order valence-corrected chi connectivity index (χ0v) is 13.8. The molecule has 1 N–H and O–H groups in total. The van der Waals surface area contributed by atoms with Gasteiger partial charge in [-0.2, -0.15) is 0 Å². The summed E-state index contributed by atoms with van der Waals surface area (Å²) in [4.78, 5) is 18.5. The fourth-order valence-corrected chi connectivity index (χ4v) is 2.48. The van der Waals surface area contributed by atoms with Gasteiger partial charge in [0.2, 0.25) is 0 Å². The quantitative estimate of drug-likeness (QED) is 0.763. The van der Waals surface area contributed by atoms with Gasteiger partial charge in [-0.25, -0.2) is 4.39 Å². The van der Waals surface area contributed by atoms with E-state index in [-0.39, 0.29) is 5.91 Å². The maximum atomic E-state index is 13.2. The summed E-state index contributed by atoms with van der Waals surface area (Å²) in [7, 11) is 1.94. The molecule has 1 amide bonds. The van der Waals surface area contributed by atoms with E-state index in [0.717, 1.165) is 5.69 Å². The molecule has 0 fully saturated rings. The number of nitrogens with zero attached hydrogens (tertiary/aromatic N) is 2. The standard InChI is InChI=1S/C20H18FN3O/c1-24(14-15-6-3-2-4-7-15)19-10-16(12-22-13-19)20(25)23-18-9-5-8-17(21)11-18/h2-13H,14H2,1H3,(H,23,25). The first-order valence-corrected chi connectivity index (χ1v) is 7.89. The molecule has 25 heavy (non-hydrogen) atoms. The molecule has 3 aromatic rings. The molecule has 1 heterocycles. The van der Waals surface area contributed by atoms with Crippen LogP contribution < -0.4 is 10.2 Å². The highest BCUT2D eigenvalue weighted by atomic mass is 19.1. The van der Waals surface area contributed by atoms with Crippen LogP contribution in [-0.2, 0) is 6.54 Å². The fraction of sp³-hybridized carbons (Fsp3) is 0.100. The van der Waals surface area contributed by atoms with Gasteiger partial charge in [0.15, 0.2) is 0 Å². The van der Waals surface area contributed by atoms with Crippen LogP contribution in [0.2, 0.25) is 0 Å². The van der Waals surface area contributed by atoms with Gasteiger partial charge in [-0.15, -0.1) is 0 Å². The summed E-state index contributed by atoms with van der Waals surface area (Å²) in [5.41, 5.74) is 2.82. The molecule has 0 aliphatic heterocycles. The van der Waals surface area contributed by atoms with E-state index in [1.807, 2.05) is 42.3 Å². The number of carbonyl (C=O) groups excluding carboxylic acids is 1. The summed E-state index contributed by atoms with van der Waals surface area (Å²) in [5, 5.41) is 2.68. The molecule has 0 aliphatic rings. The first-order valence-electron chi connectivity index (χ1n) is 7.89. The molecule has 0 radical (unpaired) electrons. The predicted octanol–water partition coefficient (Wildman–Crippen LogP) is 4.11. The van der Waals surface area contributed by atoms with Gasteiger partial charge in [0, 0.05) is 25.5 Å². The highest BCUT2D eigenvalue weighted by molar-refractivity contribution is 6.04. The van der Waals surface area contributed by atoms with Crippen molar-refractivity contribution < 1.29 is 9.18 Å². The van der Waals surface area contributed by atoms with Crippen LogP contribution in [0, 0.1) is 5.82 Å². The van der Waals surface area contributed by atoms with Crippen LogP contribution in [0.5, 0.6) is 0 Å². The molecule has 0 bridgehead atoms. The number of halogens is 1. The van der Waals surface area contributed by atoms with Crippen LogP contribution in [0.4, 0.5) is 15.8 Å². The number of anilines is 2. The largest absolute Gasteiger partial charge is 0.369 e. The Kier molecular flexibility index (Phi) is 5.04. The SMILES string of the molecule is CN(Cc1ccccc1)c1cncc(C(=O)Nc2cccc(F)c2)c1. The zero-order chi connectivity index (χ0) is 17.6. The molecular formula is C20H18FN3O. The number of pyridine rings is 1. The van der Waals surface area contributed by atoms with E-state index in [1.54, 1.807) is 24.4 Å². The molecule has 3 rings (SSSR count). The molecule has 1 aromatic heterocycles. The van der Waals surface area contributed by atoms with Crippen molar-refractivity contribution in [2.24, 2.45) is 0 Å². The van der Waals surface area contributed by atoms with Gasteiger partial charge in [0.05, 0.1) is 17.4 Å². The minimum atomic E-state index is -0.396. The molecule has 0 aliphatic carbocycles. The Labute approximate surface area is 145 Å². The molecule has 0 spiro atoms. The summed E-state index contributed by atoms with van der Waals surface area (Å²) in [5.74, 6) is -0.722. The average Bonchev–Trinajstić information content (AvgIpc) is 2.62. The van der Waals surface area contributed by atoms with Crippen molar-refractivity contribution >= 4 is 17.3 Å². The van der Waals surface area contributed by atoms with Crippen molar-refractivity contribution in [2.75, 3.05) is 17.3 Å². The lowest BCUT2D eigenvalue weighted by molar-refractivity contribution is 0.102. The van der Waals surface area contributed by atoms with Crippen molar-refractivity contribution in [1.82, 2.24) is 4.98 Å². The van der Waals surface area contributed by atoms with Gasteiger partial charge in [-0.3, -0.25) is 9.78 Å². The summed E-state index contributed by atoms with van der Waals surface area (Å²) in [6.07, 6.45) is 3.20. The molecule has 4 nitrogen and oxygen atoms in total. The van der Waals surface area contributed by atoms with Gasteiger partial charge in [0.25, 0.3) is 5.91 Å². The highest BCUT2D eigenvalue weighted by Crippen LogP contribution is 2.17. The number of rotatable bonds is 5. The van der Waals surface area contributed by atoms with Crippen LogP contribution in [-0.4, -0.2) is 17.9 Å². The number of hydrogen-bond acceptors (Lipinski definition) is 3. The number of carbonyl (C=O) groups is 1. The molecular weight excluding hydrogens is 317 g/mol. The Morgan fingerprint density at radius 3 is 2.64 bits per heavy atom. The molecule has 0 unspecified atom stereocenters. The maximum absolute atomic E-state index is 13.2. The van der Waals surface area contributed by atoms with Crippen LogP contribution in [0.15, 0.2) is 73.1 Å². The molecule has 2 aromatic carbocycles. The van der Waals surface area contributed by atoms with Gasteiger partial charge in [-0.05, 0) is 29.8 Å². The zero-order valence-electron chi connectivity index (χ0n) is 13.8. The minimum absolute atomic E-state index is 0.326. The topological polar surface area (TPSA) is 45.2 Å². The van der Waals surface area contributed by atoms with E-state index in [2.05, 4.69) is 10.3 Å². The van der Waals surface area contributed by atoms with Gasteiger partial charge in [0.1, 0.15) is 5.82 Å². The summed E-state index contributed by atoms with van der Waals surface area (Å²) in [6.45, 7) is 0.706. The van der Waals surface area contributed by atoms with Crippen molar-refractivity contribution in [1.29, 1.82) is 0 Å². The second-order valence-electron chi connectivity index (χ2n) is 5.74. The Morgan fingerprint density at radius 1 is 1.08 bits per heavy atom. The van der Waals surface area contributed by atoms with Gasteiger partial charge >= 0.3 is 0 Å². The van der Waals surface area contributed by atoms with Crippen molar-refractivity contribution in [2.45, 2.75) is 6.54 Å². The number of nitrogens with one attached hydrogen (secondary N) is 1. The van der Waals surface area contributed by atoms with Gasteiger partial charge in [-0.1, -0.05) is 36.4 Å². The molecule has 126 valence electrons. The summed E-state index contributed by atoms with van der Waals surface area (Å²) >= 11 is 0. The first kappa shape index (κ1) is 16.6. The average molecular weight is 335 g/mol. The summed E-state index contributed by atoms with van der Waals surface area (Å²) in [6, 6.07) is 17.6. The van der Waals surface area contributed by atoms with Crippen molar-refractivity contribution in [3.63, 3.8) is 0 Å². The number of benzene rings is 2. The maximum Gasteiger partial charge on any atom is 0.257 e. The van der Waals surface area contributed by atoms with E-state index in [0.29, 0.717) is 17.8 Å². The second-order valence-corrected chi connectivity index (χ2v) is 5.74. The first-order chi connectivity index (χ1) is 12.1. The normalized spacial score (nSPS) is 10.3. The Balaban J connectivity index is 1.73. The van der Waals surface area contributed by atoms with E-state index >= 15 is 0 Å². The van der Waals surface area contributed by atoms with Crippen LogP contribution in [0.3, 0.4) is 0 Å². The highest BCUT2D eigenvalue weighted by Gasteiger charge is 2.10. The predicted molar refractivity (Wildman–Crippen MR) is 97.1 cm³/mol. The number of aromatic nitrogens is 1. The Hall–Kier alpha value is -3.21. The minimum Gasteiger partial charge on any atom is -0.369 e. The summed E-state index contributed by atoms with van der Waals surface area (Å²) < 4.78 is 13.2. The third kappa shape index (κ3) is 4.41. The lowest BCUT2D eigenvalue weighted by Gasteiger charge is -2.19. The fourth-order valence-electron chi connectivity index (χ4n) is 2.48. The third-order valence-electron chi connectivity index (χ3n) is 3.77. The molecule has 5 heteroatoms. The number of amides is 1. The van der Waals surface area contributed by atoms with Crippen molar-refractivity contribution in [3.8, 4) is 0 Å².